The molecule has 1 aliphatic rings. The molecule has 1 saturated heterocycles. The molecule has 2 rings (SSSR count). The molecule has 0 radical (unpaired) electrons. The maximum absolute atomic E-state index is 12.1. The maximum Gasteiger partial charge on any atom is 0.319 e. The maximum atomic E-state index is 12.1. The fourth-order valence-corrected chi connectivity index (χ4v) is 2.91. The minimum absolute atomic E-state index is 0.141. The third-order valence-corrected chi connectivity index (χ3v) is 3.99. The van der Waals surface area contributed by atoms with Gasteiger partial charge >= 0.3 is 6.03 Å². The zero-order valence-corrected chi connectivity index (χ0v) is 13.6. The van der Waals surface area contributed by atoms with Gasteiger partial charge in [0.2, 0.25) is 0 Å². The lowest BCUT2D eigenvalue weighted by atomic mass is 10.0. The van der Waals surface area contributed by atoms with Gasteiger partial charge in [-0.2, -0.15) is 0 Å². The van der Waals surface area contributed by atoms with E-state index in [4.69, 9.17) is 0 Å². The van der Waals surface area contributed by atoms with Crippen LogP contribution in [0.2, 0.25) is 0 Å². The van der Waals surface area contributed by atoms with Crippen molar-refractivity contribution >= 4 is 6.03 Å². The fourth-order valence-electron chi connectivity index (χ4n) is 2.91. The lowest BCUT2D eigenvalue weighted by molar-refractivity contribution is 0.194. The molecule has 0 spiro atoms. The van der Waals surface area contributed by atoms with Crippen molar-refractivity contribution in [1.82, 2.24) is 15.1 Å². The van der Waals surface area contributed by atoms with Crippen molar-refractivity contribution in [3.8, 4) is 0 Å². The van der Waals surface area contributed by atoms with Crippen molar-refractivity contribution in [3.63, 3.8) is 0 Å². The first-order valence-corrected chi connectivity index (χ1v) is 7.83. The van der Waals surface area contributed by atoms with E-state index >= 15 is 0 Å². The first kappa shape index (κ1) is 15.8. The van der Waals surface area contributed by atoms with E-state index in [1.165, 1.54) is 16.7 Å². The highest BCUT2D eigenvalue weighted by atomic mass is 16.2. The molecular formula is C17H27N3O. The van der Waals surface area contributed by atoms with Crippen LogP contribution in [0.4, 0.5) is 4.79 Å². The third kappa shape index (κ3) is 3.97. The van der Waals surface area contributed by atoms with Crippen LogP contribution in [0.3, 0.4) is 0 Å². The molecule has 0 bridgehead atoms. The summed E-state index contributed by atoms with van der Waals surface area (Å²) in [5.41, 5.74) is 3.83. The first-order valence-electron chi connectivity index (χ1n) is 7.83. The third-order valence-electron chi connectivity index (χ3n) is 3.99. The number of likely N-dealkylation sites (N-methyl/N-ethyl adjacent to an activating group) is 1. The Balaban J connectivity index is 2.15. The van der Waals surface area contributed by atoms with E-state index in [-0.39, 0.29) is 12.1 Å². The Kier molecular flexibility index (Phi) is 5.23. The van der Waals surface area contributed by atoms with Gasteiger partial charge in [0.15, 0.2) is 0 Å². The summed E-state index contributed by atoms with van der Waals surface area (Å²) in [6, 6.07) is 6.99. The molecule has 4 heteroatoms. The molecular weight excluding hydrogens is 262 g/mol. The molecule has 116 valence electrons. The van der Waals surface area contributed by atoms with Crippen LogP contribution in [0.5, 0.6) is 0 Å². The van der Waals surface area contributed by atoms with Gasteiger partial charge in [-0.25, -0.2) is 4.79 Å². The van der Waals surface area contributed by atoms with Crippen molar-refractivity contribution in [2.24, 2.45) is 0 Å². The Labute approximate surface area is 128 Å². The van der Waals surface area contributed by atoms with Crippen molar-refractivity contribution in [2.75, 3.05) is 33.2 Å². The Morgan fingerprint density at radius 3 is 2.38 bits per heavy atom. The number of carbonyl (C=O) groups is 1. The molecule has 0 aromatic heterocycles. The normalized spacial score (nSPS) is 16.7. The largest absolute Gasteiger partial charge is 0.326 e. The van der Waals surface area contributed by atoms with Crippen LogP contribution in [-0.4, -0.2) is 49.1 Å². The predicted molar refractivity (Wildman–Crippen MR) is 86.5 cm³/mol. The standard InChI is InChI=1S/C17H27N3O/c1-5-6-18-16(12-20-8-7-19(4)17(20)21)15-10-13(2)9-14(3)11-15/h9-11,16,18H,5-8,12H2,1-4H3. The van der Waals surface area contributed by atoms with Crippen LogP contribution in [0.1, 0.15) is 36.1 Å². The summed E-state index contributed by atoms with van der Waals surface area (Å²) in [6.07, 6.45) is 1.09. The number of urea groups is 1. The van der Waals surface area contributed by atoms with E-state index in [9.17, 15) is 4.79 Å². The van der Waals surface area contributed by atoms with Crippen molar-refractivity contribution in [3.05, 3.63) is 34.9 Å². The number of hydrogen-bond donors (Lipinski definition) is 1. The van der Waals surface area contributed by atoms with E-state index in [2.05, 4.69) is 44.3 Å². The van der Waals surface area contributed by atoms with Gasteiger partial charge in [-0.05, 0) is 32.4 Å². The average molecular weight is 289 g/mol. The number of carbonyl (C=O) groups excluding carboxylic acids is 1. The van der Waals surface area contributed by atoms with Gasteiger partial charge in [0.05, 0.1) is 0 Å². The molecule has 1 aromatic rings. The molecule has 1 fully saturated rings. The second-order valence-corrected chi connectivity index (χ2v) is 6.08. The molecule has 2 amide bonds. The Morgan fingerprint density at radius 2 is 1.86 bits per heavy atom. The van der Waals surface area contributed by atoms with Crippen LogP contribution < -0.4 is 5.32 Å². The van der Waals surface area contributed by atoms with Gasteiger partial charge in [0, 0.05) is 32.7 Å². The summed E-state index contributed by atoms with van der Waals surface area (Å²) in [5, 5.41) is 3.59. The fraction of sp³-hybridized carbons (Fsp3) is 0.588. The number of benzene rings is 1. The number of nitrogens with one attached hydrogen (secondary N) is 1. The van der Waals surface area contributed by atoms with Crippen LogP contribution in [0, 0.1) is 13.8 Å². The van der Waals surface area contributed by atoms with Gasteiger partial charge in [0.25, 0.3) is 0 Å². The molecule has 1 aliphatic heterocycles. The summed E-state index contributed by atoms with van der Waals surface area (Å²) < 4.78 is 0. The SMILES string of the molecule is CCCNC(CN1CCN(C)C1=O)c1cc(C)cc(C)c1. The Hall–Kier alpha value is -1.55. The molecule has 1 N–H and O–H groups in total. The summed E-state index contributed by atoms with van der Waals surface area (Å²) in [6.45, 7) is 9.78. The van der Waals surface area contributed by atoms with Gasteiger partial charge in [-0.1, -0.05) is 36.2 Å². The Morgan fingerprint density at radius 1 is 1.19 bits per heavy atom. The second kappa shape index (κ2) is 6.94. The van der Waals surface area contributed by atoms with Crippen LogP contribution >= 0.6 is 0 Å². The highest BCUT2D eigenvalue weighted by molar-refractivity contribution is 5.76. The predicted octanol–water partition coefficient (Wildman–Crippen LogP) is 2.71. The lowest BCUT2D eigenvalue weighted by Gasteiger charge is -2.25. The van der Waals surface area contributed by atoms with Crippen molar-refractivity contribution < 1.29 is 4.79 Å². The van der Waals surface area contributed by atoms with Crippen LogP contribution in [0.15, 0.2) is 18.2 Å². The molecule has 1 aromatic carbocycles. The zero-order chi connectivity index (χ0) is 15.4. The van der Waals surface area contributed by atoms with Gasteiger partial charge < -0.3 is 15.1 Å². The molecule has 1 unspecified atom stereocenters. The monoisotopic (exact) mass is 289 g/mol. The van der Waals surface area contributed by atoms with Gasteiger partial charge in [0.1, 0.15) is 0 Å². The quantitative estimate of drug-likeness (QED) is 0.874. The van der Waals surface area contributed by atoms with E-state index in [0.717, 1.165) is 32.6 Å². The zero-order valence-electron chi connectivity index (χ0n) is 13.6. The molecule has 1 heterocycles. The van der Waals surface area contributed by atoms with Crippen LogP contribution in [0.25, 0.3) is 0 Å². The number of nitrogens with zero attached hydrogens (tertiary/aromatic N) is 2. The number of amides is 2. The van der Waals surface area contributed by atoms with E-state index in [0.29, 0.717) is 0 Å². The van der Waals surface area contributed by atoms with Crippen molar-refractivity contribution in [1.29, 1.82) is 0 Å². The first-order chi connectivity index (χ1) is 10.0. The molecule has 0 saturated carbocycles. The van der Waals surface area contributed by atoms with E-state index < -0.39 is 0 Å². The Bertz CT molecular complexity index is 481. The summed E-state index contributed by atoms with van der Waals surface area (Å²) >= 11 is 0. The van der Waals surface area contributed by atoms with Gasteiger partial charge in [-0.15, -0.1) is 0 Å². The molecule has 0 aliphatic carbocycles. The molecule has 1 atom stereocenters. The van der Waals surface area contributed by atoms with Gasteiger partial charge in [-0.3, -0.25) is 0 Å². The summed E-state index contributed by atoms with van der Waals surface area (Å²) in [4.78, 5) is 15.8. The second-order valence-electron chi connectivity index (χ2n) is 6.08. The highest BCUT2D eigenvalue weighted by Crippen LogP contribution is 2.20. The lowest BCUT2D eigenvalue weighted by Crippen LogP contribution is -2.38. The minimum atomic E-state index is 0.141. The number of rotatable bonds is 6. The highest BCUT2D eigenvalue weighted by Gasteiger charge is 2.27. The topological polar surface area (TPSA) is 35.6 Å². The summed E-state index contributed by atoms with van der Waals surface area (Å²) in [5.74, 6) is 0. The number of aryl methyl sites for hydroxylation is 2. The average Bonchev–Trinajstić information content (AvgIpc) is 2.74. The minimum Gasteiger partial charge on any atom is -0.326 e. The van der Waals surface area contributed by atoms with Crippen molar-refractivity contribution in [2.45, 2.75) is 33.2 Å². The van der Waals surface area contributed by atoms with Crippen LogP contribution in [-0.2, 0) is 0 Å². The summed E-state index contributed by atoms with van der Waals surface area (Å²) in [7, 11) is 1.87. The smallest absolute Gasteiger partial charge is 0.319 e. The van der Waals surface area contributed by atoms with E-state index in [1.807, 2.05) is 11.9 Å². The number of hydrogen-bond acceptors (Lipinski definition) is 2. The van der Waals surface area contributed by atoms with E-state index in [1.54, 1.807) is 4.90 Å². The molecule has 21 heavy (non-hydrogen) atoms. The molecule has 4 nitrogen and oxygen atoms in total.